The Morgan fingerprint density at radius 1 is 0.973 bits per heavy atom. The number of hydrogen-bond donors (Lipinski definition) is 1. The molecule has 1 saturated heterocycles. The topological polar surface area (TPSA) is 89.0 Å². The highest BCUT2D eigenvalue weighted by atomic mass is 32.1. The molecule has 8 heteroatoms. The van der Waals surface area contributed by atoms with Crippen molar-refractivity contribution in [2.45, 2.75) is 26.3 Å². The third-order valence-electron chi connectivity index (χ3n) is 6.01. The number of rotatable bonds is 8. The number of nitrogens with zero attached hydrogens (tertiary/aromatic N) is 2. The first-order valence-corrected chi connectivity index (χ1v) is 13.0. The molecule has 4 aromatic rings. The number of amides is 1. The quantitative estimate of drug-likeness (QED) is 0.173. The van der Waals surface area contributed by atoms with Gasteiger partial charge in [-0.05, 0) is 49.2 Å². The summed E-state index contributed by atoms with van der Waals surface area (Å²) >= 11 is 1.30. The van der Waals surface area contributed by atoms with Crippen LogP contribution in [0.15, 0.2) is 78.4 Å². The first kappa shape index (κ1) is 24.5. The van der Waals surface area contributed by atoms with Gasteiger partial charge in [0.15, 0.2) is 5.13 Å². The predicted molar refractivity (Wildman–Crippen MR) is 144 cm³/mol. The number of aliphatic hydroxyl groups is 1. The maximum atomic E-state index is 13.4. The SMILES string of the molecule is CCCOc1cccc(C(O)=C2C(=O)C(=O)N(c3nc4ccc(OCC)cc4s3)C2c2ccccc2)c1. The Bertz CT molecular complexity index is 1490. The zero-order chi connectivity index (χ0) is 25.9. The molecule has 188 valence electrons. The Morgan fingerprint density at radius 3 is 2.51 bits per heavy atom. The summed E-state index contributed by atoms with van der Waals surface area (Å²) in [6.07, 6.45) is 0.837. The lowest BCUT2D eigenvalue weighted by Crippen LogP contribution is -2.29. The van der Waals surface area contributed by atoms with E-state index in [-0.39, 0.29) is 11.3 Å². The second-order valence-corrected chi connectivity index (χ2v) is 9.52. The highest BCUT2D eigenvalue weighted by Crippen LogP contribution is 2.44. The van der Waals surface area contributed by atoms with Gasteiger partial charge in [-0.2, -0.15) is 0 Å². The number of aromatic nitrogens is 1. The van der Waals surface area contributed by atoms with Crippen molar-refractivity contribution in [3.05, 3.63) is 89.5 Å². The Balaban J connectivity index is 1.64. The fourth-order valence-corrected chi connectivity index (χ4v) is 5.36. The van der Waals surface area contributed by atoms with Crippen LogP contribution in [0.1, 0.15) is 37.4 Å². The van der Waals surface area contributed by atoms with Crippen LogP contribution in [0.25, 0.3) is 16.0 Å². The van der Waals surface area contributed by atoms with Gasteiger partial charge >= 0.3 is 5.91 Å². The normalized spacial score (nSPS) is 16.9. The van der Waals surface area contributed by atoms with Gasteiger partial charge in [0.25, 0.3) is 5.78 Å². The summed E-state index contributed by atoms with van der Waals surface area (Å²) in [5, 5.41) is 11.8. The maximum absolute atomic E-state index is 13.4. The van der Waals surface area contributed by atoms with Crippen LogP contribution < -0.4 is 14.4 Å². The smallest absolute Gasteiger partial charge is 0.301 e. The van der Waals surface area contributed by atoms with Crippen LogP contribution in [-0.2, 0) is 9.59 Å². The molecule has 5 rings (SSSR count). The average molecular weight is 515 g/mol. The molecule has 1 N–H and O–H groups in total. The van der Waals surface area contributed by atoms with Gasteiger partial charge in [0.05, 0.1) is 35.0 Å². The van der Waals surface area contributed by atoms with E-state index in [9.17, 15) is 14.7 Å². The average Bonchev–Trinajstić information content (AvgIpc) is 3.45. The van der Waals surface area contributed by atoms with Gasteiger partial charge in [-0.1, -0.05) is 60.7 Å². The number of thiazole rings is 1. The molecule has 0 spiro atoms. The number of carbonyl (C=O) groups is 2. The predicted octanol–water partition coefficient (Wildman–Crippen LogP) is 6.11. The number of anilines is 1. The Kier molecular flexibility index (Phi) is 6.92. The van der Waals surface area contributed by atoms with Crippen LogP contribution in [0.3, 0.4) is 0 Å². The highest BCUT2D eigenvalue weighted by molar-refractivity contribution is 7.22. The van der Waals surface area contributed by atoms with Gasteiger partial charge in [-0.25, -0.2) is 4.98 Å². The number of aliphatic hydroxyl groups excluding tert-OH is 1. The van der Waals surface area contributed by atoms with E-state index >= 15 is 0 Å². The van der Waals surface area contributed by atoms with Crippen LogP contribution >= 0.6 is 11.3 Å². The molecule has 7 nitrogen and oxygen atoms in total. The molecule has 1 aromatic heterocycles. The number of ketones is 1. The van der Waals surface area contributed by atoms with Gasteiger partial charge < -0.3 is 14.6 Å². The van der Waals surface area contributed by atoms with E-state index in [1.165, 1.54) is 16.2 Å². The molecule has 1 fully saturated rings. The lowest BCUT2D eigenvalue weighted by molar-refractivity contribution is -0.132. The summed E-state index contributed by atoms with van der Waals surface area (Å²) in [7, 11) is 0. The summed E-state index contributed by atoms with van der Waals surface area (Å²) in [5.74, 6) is -0.473. The molecule has 2 heterocycles. The first-order valence-electron chi connectivity index (χ1n) is 12.1. The van der Waals surface area contributed by atoms with Gasteiger partial charge in [-0.15, -0.1) is 0 Å². The molecular formula is C29H26N2O5S. The summed E-state index contributed by atoms with van der Waals surface area (Å²) < 4.78 is 12.1. The van der Waals surface area contributed by atoms with E-state index < -0.39 is 17.7 Å². The minimum Gasteiger partial charge on any atom is -0.507 e. The van der Waals surface area contributed by atoms with Crippen molar-refractivity contribution in [2.75, 3.05) is 18.1 Å². The minimum atomic E-state index is -0.839. The lowest BCUT2D eigenvalue weighted by atomic mass is 9.95. The van der Waals surface area contributed by atoms with E-state index in [0.29, 0.717) is 46.5 Å². The van der Waals surface area contributed by atoms with Crippen molar-refractivity contribution >= 4 is 44.1 Å². The van der Waals surface area contributed by atoms with Gasteiger partial charge in [0.1, 0.15) is 17.3 Å². The number of hydrogen-bond acceptors (Lipinski definition) is 7. The number of Topliss-reactive ketones (excluding diaryl/α,β-unsaturated/α-hetero) is 1. The summed E-state index contributed by atoms with van der Waals surface area (Å²) in [6, 6.07) is 20.8. The van der Waals surface area contributed by atoms with Gasteiger partial charge in [-0.3, -0.25) is 14.5 Å². The molecule has 0 bridgehead atoms. The maximum Gasteiger partial charge on any atom is 0.301 e. The van der Waals surface area contributed by atoms with E-state index in [0.717, 1.165) is 11.1 Å². The molecule has 1 amide bonds. The molecule has 0 aliphatic carbocycles. The zero-order valence-corrected chi connectivity index (χ0v) is 21.3. The van der Waals surface area contributed by atoms with Crippen molar-refractivity contribution < 1.29 is 24.2 Å². The van der Waals surface area contributed by atoms with Crippen molar-refractivity contribution in [1.82, 2.24) is 4.98 Å². The van der Waals surface area contributed by atoms with Crippen LogP contribution in [-0.4, -0.2) is 35.0 Å². The second kappa shape index (κ2) is 10.4. The number of carbonyl (C=O) groups excluding carboxylic acids is 2. The molecule has 1 aliphatic rings. The largest absolute Gasteiger partial charge is 0.507 e. The fourth-order valence-electron chi connectivity index (χ4n) is 4.34. The van der Waals surface area contributed by atoms with Crippen LogP contribution in [0.2, 0.25) is 0 Å². The lowest BCUT2D eigenvalue weighted by Gasteiger charge is -2.23. The Labute approximate surface area is 218 Å². The van der Waals surface area contributed by atoms with Crippen molar-refractivity contribution in [3.8, 4) is 11.5 Å². The molecule has 0 saturated carbocycles. The molecule has 1 aliphatic heterocycles. The van der Waals surface area contributed by atoms with Gasteiger partial charge in [0, 0.05) is 5.56 Å². The van der Waals surface area contributed by atoms with E-state index in [1.807, 2.05) is 62.4 Å². The first-order chi connectivity index (χ1) is 18.0. The number of benzene rings is 3. The van der Waals surface area contributed by atoms with E-state index in [4.69, 9.17) is 9.47 Å². The van der Waals surface area contributed by atoms with Crippen LogP contribution in [0, 0.1) is 0 Å². The molecule has 37 heavy (non-hydrogen) atoms. The standard InChI is InChI=1S/C29H26N2O5S/c1-3-15-36-20-12-8-11-19(16-20)26(32)24-25(18-9-6-5-7-10-18)31(28(34)27(24)33)29-30-22-14-13-21(35-4-2)17-23(22)37-29/h5-14,16-17,25,32H,3-4,15H2,1-2H3. The third kappa shape index (κ3) is 4.68. The van der Waals surface area contributed by atoms with Crippen molar-refractivity contribution in [3.63, 3.8) is 0 Å². The van der Waals surface area contributed by atoms with Crippen LogP contribution in [0.5, 0.6) is 11.5 Å². The third-order valence-corrected chi connectivity index (χ3v) is 7.02. The Morgan fingerprint density at radius 2 is 1.76 bits per heavy atom. The monoisotopic (exact) mass is 514 g/mol. The second-order valence-electron chi connectivity index (χ2n) is 8.52. The minimum absolute atomic E-state index is 0.0121. The molecule has 3 aromatic carbocycles. The molecule has 1 unspecified atom stereocenters. The highest BCUT2D eigenvalue weighted by Gasteiger charge is 2.48. The fraction of sp³-hybridized carbons (Fsp3) is 0.207. The van der Waals surface area contributed by atoms with Gasteiger partial charge in [0.2, 0.25) is 0 Å². The zero-order valence-electron chi connectivity index (χ0n) is 20.5. The Hall–Kier alpha value is -4.17. The van der Waals surface area contributed by atoms with Crippen molar-refractivity contribution in [1.29, 1.82) is 0 Å². The number of fused-ring (bicyclic) bond motifs is 1. The number of ether oxygens (including phenoxy) is 2. The summed E-state index contributed by atoms with van der Waals surface area (Å²) in [6.45, 7) is 4.98. The van der Waals surface area contributed by atoms with Crippen LogP contribution in [0.4, 0.5) is 5.13 Å². The molecule has 1 atom stereocenters. The summed E-state index contributed by atoms with van der Waals surface area (Å²) in [4.78, 5) is 32.9. The summed E-state index contributed by atoms with van der Waals surface area (Å²) in [5.41, 5.74) is 1.80. The molecular weight excluding hydrogens is 488 g/mol. The molecule has 0 radical (unpaired) electrons. The van der Waals surface area contributed by atoms with E-state index in [2.05, 4.69) is 4.98 Å². The van der Waals surface area contributed by atoms with Crippen molar-refractivity contribution in [2.24, 2.45) is 0 Å². The van der Waals surface area contributed by atoms with E-state index in [1.54, 1.807) is 24.3 Å².